The fourth-order valence-corrected chi connectivity index (χ4v) is 3.52. The van der Waals surface area contributed by atoms with Crippen molar-refractivity contribution < 1.29 is 18.5 Å². The molecule has 2 aromatic rings. The van der Waals surface area contributed by atoms with Crippen molar-refractivity contribution in [2.75, 3.05) is 19.5 Å². The normalized spacial score (nSPS) is 17.5. The second kappa shape index (κ2) is 7.62. The zero-order chi connectivity index (χ0) is 16.9. The molecule has 0 unspecified atom stereocenters. The van der Waals surface area contributed by atoms with Crippen molar-refractivity contribution in [2.45, 2.75) is 18.1 Å². The van der Waals surface area contributed by atoms with Gasteiger partial charge in [0, 0.05) is 34.3 Å². The van der Waals surface area contributed by atoms with Gasteiger partial charge in [0.15, 0.2) is 0 Å². The minimum absolute atomic E-state index is 0.158. The summed E-state index contributed by atoms with van der Waals surface area (Å²) < 4.78 is 22.5. The van der Waals surface area contributed by atoms with E-state index in [0.29, 0.717) is 24.5 Å². The van der Waals surface area contributed by atoms with Gasteiger partial charge in [0.05, 0.1) is 18.8 Å². The maximum Gasteiger partial charge on any atom is 0.338 e. The zero-order valence-electron chi connectivity index (χ0n) is 13.6. The van der Waals surface area contributed by atoms with Crippen LogP contribution in [0.5, 0.6) is 5.75 Å². The fourth-order valence-electron chi connectivity index (χ4n) is 2.87. The SMILES string of the molecule is C[S@](=O)Cc1cccc(C(=O)OC[C@H]2CCOc3ccccc32)c1. The van der Waals surface area contributed by atoms with E-state index in [1.54, 1.807) is 24.5 Å². The molecule has 0 bridgehead atoms. The highest BCUT2D eigenvalue weighted by molar-refractivity contribution is 7.83. The summed E-state index contributed by atoms with van der Waals surface area (Å²) >= 11 is 0. The Labute approximate surface area is 144 Å². The van der Waals surface area contributed by atoms with Crippen LogP contribution in [-0.2, 0) is 21.3 Å². The largest absolute Gasteiger partial charge is 0.493 e. The number of hydrogen-bond donors (Lipinski definition) is 0. The number of rotatable bonds is 5. The third kappa shape index (κ3) is 4.03. The summed E-state index contributed by atoms with van der Waals surface area (Å²) in [5.74, 6) is 1.12. The molecule has 1 aliphatic rings. The molecule has 0 saturated carbocycles. The Bertz CT molecular complexity index is 757. The number of benzene rings is 2. The van der Waals surface area contributed by atoms with Crippen LogP contribution in [0, 0.1) is 0 Å². The van der Waals surface area contributed by atoms with Crippen LogP contribution >= 0.6 is 0 Å². The Kier molecular flexibility index (Phi) is 5.30. The molecule has 0 amide bonds. The van der Waals surface area contributed by atoms with Gasteiger partial charge in [-0.25, -0.2) is 4.79 Å². The number of para-hydroxylation sites is 1. The van der Waals surface area contributed by atoms with E-state index in [1.807, 2.05) is 30.3 Å². The van der Waals surface area contributed by atoms with E-state index in [-0.39, 0.29) is 11.9 Å². The lowest BCUT2D eigenvalue weighted by Gasteiger charge is -2.25. The van der Waals surface area contributed by atoms with Crippen molar-refractivity contribution >= 4 is 16.8 Å². The van der Waals surface area contributed by atoms with Gasteiger partial charge in [0.25, 0.3) is 0 Å². The van der Waals surface area contributed by atoms with Gasteiger partial charge in [-0.1, -0.05) is 30.3 Å². The lowest BCUT2D eigenvalue weighted by Crippen LogP contribution is -2.20. The highest BCUT2D eigenvalue weighted by Crippen LogP contribution is 2.33. The van der Waals surface area contributed by atoms with Gasteiger partial charge in [-0.3, -0.25) is 4.21 Å². The molecule has 0 aliphatic carbocycles. The van der Waals surface area contributed by atoms with Crippen LogP contribution < -0.4 is 4.74 Å². The molecule has 2 aromatic carbocycles. The average molecular weight is 344 g/mol. The first-order valence-electron chi connectivity index (χ1n) is 7.91. The van der Waals surface area contributed by atoms with E-state index in [0.717, 1.165) is 23.3 Å². The van der Waals surface area contributed by atoms with Crippen LogP contribution in [0.1, 0.15) is 33.8 Å². The molecule has 0 radical (unpaired) electrons. The van der Waals surface area contributed by atoms with Gasteiger partial charge in [-0.2, -0.15) is 0 Å². The second-order valence-corrected chi connectivity index (χ2v) is 7.32. The van der Waals surface area contributed by atoms with Crippen LogP contribution in [0.3, 0.4) is 0 Å². The number of carbonyl (C=O) groups excluding carboxylic acids is 1. The first-order valence-corrected chi connectivity index (χ1v) is 9.64. The topological polar surface area (TPSA) is 52.6 Å². The van der Waals surface area contributed by atoms with Gasteiger partial charge >= 0.3 is 5.97 Å². The molecular formula is C19H20O4S. The molecule has 24 heavy (non-hydrogen) atoms. The van der Waals surface area contributed by atoms with Crippen molar-refractivity contribution in [2.24, 2.45) is 0 Å². The fraction of sp³-hybridized carbons (Fsp3) is 0.316. The molecule has 0 N–H and O–H groups in total. The molecule has 126 valence electrons. The quantitative estimate of drug-likeness (QED) is 0.781. The number of carbonyl (C=O) groups is 1. The van der Waals surface area contributed by atoms with Gasteiger partial charge in [-0.05, 0) is 30.2 Å². The zero-order valence-corrected chi connectivity index (χ0v) is 14.4. The smallest absolute Gasteiger partial charge is 0.338 e. The minimum atomic E-state index is -0.937. The molecule has 1 aliphatic heterocycles. The Morgan fingerprint density at radius 3 is 2.92 bits per heavy atom. The van der Waals surface area contributed by atoms with E-state index in [2.05, 4.69) is 0 Å². The van der Waals surface area contributed by atoms with E-state index >= 15 is 0 Å². The van der Waals surface area contributed by atoms with Crippen molar-refractivity contribution in [3.8, 4) is 5.75 Å². The highest BCUT2D eigenvalue weighted by Gasteiger charge is 2.22. The van der Waals surface area contributed by atoms with Crippen LogP contribution in [0.4, 0.5) is 0 Å². The van der Waals surface area contributed by atoms with Crippen molar-refractivity contribution in [3.05, 3.63) is 65.2 Å². The van der Waals surface area contributed by atoms with Crippen LogP contribution in [0.2, 0.25) is 0 Å². The standard InChI is InChI=1S/C19H20O4S/c1-24(21)13-14-5-4-6-15(11-14)19(20)23-12-16-9-10-22-18-8-3-2-7-17(16)18/h2-8,11,16H,9-10,12-13H2,1H3/t16-,24+/m1/s1. The first kappa shape index (κ1) is 16.7. The summed E-state index contributed by atoms with van der Waals surface area (Å²) in [7, 11) is -0.937. The molecule has 0 fully saturated rings. The van der Waals surface area contributed by atoms with Gasteiger partial charge < -0.3 is 9.47 Å². The monoisotopic (exact) mass is 344 g/mol. The van der Waals surface area contributed by atoms with Crippen LogP contribution in [0.15, 0.2) is 48.5 Å². The lowest BCUT2D eigenvalue weighted by molar-refractivity contribution is 0.0459. The van der Waals surface area contributed by atoms with E-state index in [9.17, 15) is 9.00 Å². The summed E-state index contributed by atoms with van der Waals surface area (Å²) in [6, 6.07) is 15.0. The molecule has 4 nitrogen and oxygen atoms in total. The molecule has 3 rings (SSSR count). The third-order valence-corrected chi connectivity index (χ3v) is 4.77. The molecular weight excluding hydrogens is 324 g/mol. The molecule has 1 heterocycles. The summed E-state index contributed by atoms with van der Waals surface area (Å²) in [6.07, 6.45) is 2.48. The maximum absolute atomic E-state index is 12.3. The third-order valence-electron chi connectivity index (χ3n) is 4.03. The summed E-state index contributed by atoms with van der Waals surface area (Å²) in [4.78, 5) is 12.3. The lowest BCUT2D eigenvalue weighted by atomic mass is 9.94. The average Bonchev–Trinajstić information content (AvgIpc) is 2.59. The number of fused-ring (bicyclic) bond motifs is 1. The predicted octanol–water partition coefficient (Wildman–Crippen LogP) is 3.29. The Balaban J connectivity index is 1.65. The summed E-state index contributed by atoms with van der Waals surface area (Å²) in [6.45, 7) is 0.972. The predicted molar refractivity (Wildman–Crippen MR) is 93.8 cm³/mol. The Morgan fingerprint density at radius 2 is 2.08 bits per heavy atom. The van der Waals surface area contributed by atoms with Crippen molar-refractivity contribution in [1.82, 2.24) is 0 Å². The first-order chi connectivity index (χ1) is 11.6. The number of ether oxygens (including phenoxy) is 2. The number of esters is 1. The van der Waals surface area contributed by atoms with Crippen molar-refractivity contribution in [3.63, 3.8) is 0 Å². The van der Waals surface area contributed by atoms with Gasteiger partial charge in [-0.15, -0.1) is 0 Å². The Morgan fingerprint density at radius 1 is 1.25 bits per heavy atom. The van der Waals surface area contributed by atoms with E-state index < -0.39 is 10.8 Å². The molecule has 0 aromatic heterocycles. The van der Waals surface area contributed by atoms with Gasteiger partial charge in [0.1, 0.15) is 5.75 Å². The number of hydrogen-bond acceptors (Lipinski definition) is 4. The highest BCUT2D eigenvalue weighted by atomic mass is 32.2. The maximum atomic E-state index is 12.3. The van der Waals surface area contributed by atoms with E-state index in [1.165, 1.54) is 0 Å². The van der Waals surface area contributed by atoms with Crippen LogP contribution in [-0.4, -0.2) is 29.6 Å². The van der Waals surface area contributed by atoms with Crippen LogP contribution in [0.25, 0.3) is 0 Å². The van der Waals surface area contributed by atoms with Crippen molar-refractivity contribution in [1.29, 1.82) is 0 Å². The molecule has 0 spiro atoms. The molecule has 0 saturated heterocycles. The summed E-state index contributed by atoms with van der Waals surface area (Å²) in [5, 5.41) is 0. The molecule has 2 atom stereocenters. The minimum Gasteiger partial charge on any atom is -0.493 e. The Hall–Kier alpha value is -2.14. The van der Waals surface area contributed by atoms with E-state index in [4.69, 9.17) is 9.47 Å². The molecule has 5 heteroatoms. The summed E-state index contributed by atoms with van der Waals surface area (Å²) in [5.41, 5.74) is 2.46. The van der Waals surface area contributed by atoms with Gasteiger partial charge in [0.2, 0.25) is 0 Å². The second-order valence-electron chi connectivity index (χ2n) is 5.89.